The van der Waals surface area contributed by atoms with Crippen molar-refractivity contribution < 1.29 is 9.84 Å². The largest absolute Gasteiger partial charge is 0.395 e. The van der Waals surface area contributed by atoms with Crippen LogP contribution in [0.5, 0.6) is 0 Å². The normalized spacial score (nSPS) is 32.2. The van der Waals surface area contributed by atoms with Crippen LogP contribution in [0.25, 0.3) is 0 Å². The van der Waals surface area contributed by atoms with E-state index in [1.54, 1.807) is 7.11 Å². The average Bonchev–Trinajstić information content (AvgIpc) is 2.05. The molecule has 3 nitrogen and oxygen atoms in total. The molecule has 0 aromatic carbocycles. The number of aliphatic hydroxyl groups excluding tert-OH is 1. The van der Waals surface area contributed by atoms with E-state index < -0.39 is 0 Å². The SMILES string of the molecule is COC1(C)CCCN(CCO)C1. The predicted octanol–water partition coefficient (Wildman–Crippen LogP) is 0.480. The van der Waals surface area contributed by atoms with Gasteiger partial charge in [-0.2, -0.15) is 0 Å². The standard InChI is InChI=1S/C9H19NO2/c1-9(12-2)4-3-5-10(8-9)6-7-11/h11H,3-8H2,1-2H3. The summed E-state index contributed by atoms with van der Waals surface area (Å²) in [6.07, 6.45) is 2.30. The van der Waals surface area contributed by atoms with Crippen LogP contribution in [0.15, 0.2) is 0 Å². The van der Waals surface area contributed by atoms with E-state index in [-0.39, 0.29) is 12.2 Å². The van der Waals surface area contributed by atoms with E-state index in [0.29, 0.717) is 0 Å². The van der Waals surface area contributed by atoms with Crippen molar-refractivity contribution in [3.05, 3.63) is 0 Å². The third-order valence-corrected chi connectivity index (χ3v) is 2.65. The smallest absolute Gasteiger partial charge is 0.0777 e. The van der Waals surface area contributed by atoms with Gasteiger partial charge < -0.3 is 9.84 Å². The molecule has 3 heteroatoms. The third-order valence-electron chi connectivity index (χ3n) is 2.65. The first-order valence-electron chi connectivity index (χ1n) is 4.58. The summed E-state index contributed by atoms with van der Waals surface area (Å²) in [6, 6.07) is 0. The van der Waals surface area contributed by atoms with Crippen molar-refractivity contribution in [1.29, 1.82) is 0 Å². The fraction of sp³-hybridized carbons (Fsp3) is 1.00. The van der Waals surface area contributed by atoms with Crippen LogP contribution in [0.3, 0.4) is 0 Å². The molecule has 1 rings (SSSR count). The molecule has 0 bridgehead atoms. The minimum absolute atomic E-state index is 0.00736. The summed E-state index contributed by atoms with van der Waals surface area (Å²) in [6.45, 7) is 5.21. The number of likely N-dealkylation sites (tertiary alicyclic amines) is 1. The van der Waals surface area contributed by atoms with Crippen LogP contribution >= 0.6 is 0 Å². The second-order valence-electron chi connectivity index (χ2n) is 3.76. The van der Waals surface area contributed by atoms with E-state index >= 15 is 0 Å². The molecule has 0 spiro atoms. The summed E-state index contributed by atoms with van der Waals surface area (Å²) in [7, 11) is 1.77. The number of rotatable bonds is 3. The highest BCUT2D eigenvalue weighted by Gasteiger charge is 2.29. The Hall–Kier alpha value is -0.120. The molecule has 12 heavy (non-hydrogen) atoms. The Kier molecular flexibility index (Phi) is 3.50. The van der Waals surface area contributed by atoms with Gasteiger partial charge in [0, 0.05) is 20.2 Å². The summed E-state index contributed by atoms with van der Waals surface area (Å²) >= 11 is 0. The molecule has 1 unspecified atom stereocenters. The average molecular weight is 173 g/mol. The van der Waals surface area contributed by atoms with Crippen LogP contribution < -0.4 is 0 Å². The van der Waals surface area contributed by atoms with Gasteiger partial charge in [-0.05, 0) is 26.3 Å². The maximum atomic E-state index is 8.78. The lowest BCUT2D eigenvalue weighted by Gasteiger charge is -2.39. The summed E-state index contributed by atoms with van der Waals surface area (Å²) in [5, 5.41) is 8.78. The number of hydrogen-bond donors (Lipinski definition) is 1. The fourth-order valence-electron chi connectivity index (χ4n) is 1.81. The van der Waals surface area contributed by atoms with E-state index in [4.69, 9.17) is 9.84 Å². The molecular weight excluding hydrogens is 154 g/mol. The van der Waals surface area contributed by atoms with E-state index in [1.807, 2.05) is 0 Å². The molecule has 0 radical (unpaired) electrons. The molecule has 1 N–H and O–H groups in total. The monoisotopic (exact) mass is 173 g/mol. The predicted molar refractivity (Wildman–Crippen MR) is 48.2 cm³/mol. The van der Waals surface area contributed by atoms with Crippen molar-refractivity contribution >= 4 is 0 Å². The molecule has 1 atom stereocenters. The molecule has 1 aliphatic rings. The van der Waals surface area contributed by atoms with Crippen LogP contribution in [0.4, 0.5) is 0 Å². The van der Waals surface area contributed by atoms with Gasteiger partial charge in [0.25, 0.3) is 0 Å². The number of ether oxygens (including phenoxy) is 1. The van der Waals surface area contributed by atoms with E-state index in [1.165, 1.54) is 6.42 Å². The summed E-state index contributed by atoms with van der Waals surface area (Å²) in [5.41, 5.74) is 0.00736. The van der Waals surface area contributed by atoms with Crippen molar-refractivity contribution in [1.82, 2.24) is 4.90 Å². The highest BCUT2D eigenvalue weighted by Crippen LogP contribution is 2.23. The Labute approximate surface area is 74.3 Å². The van der Waals surface area contributed by atoms with Gasteiger partial charge in [-0.15, -0.1) is 0 Å². The van der Waals surface area contributed by atoms with Gasteiger partial charge in [-0.3, -0.25) is 4.90 Å². The van der Waals surface area contributed by atoms with E-state index in [0.717, 1.165) is 26.1 Å². The lowest BCUT2D eigenvalue weighted by Crippen LogP contribution is -2.48. The number of methoxy groups -OCH3 is 1. The summed E-state index contributed by atoms with van der Waals surface area (Å²) < 4.78 is 5.43. The lowest BCUT2D eigenvalue weighted by atomic mass is 9.95. The zero-order chi connectivity index (χ0) is 9.03. The molecule has 1 fully saturated rings. The third kappa shape index (κ3) is 2.44. The molecule has 0 aliphatic carbocycles. The van der Waals surface area contributed by atoms with Crippen LogP contribution in [-0.2, 0) is 4.74 Å². The van der Waals surface area contributed by atoms with Gasteiger partial charge in [0.15, 0.2) is 0 Å². The van der Waals surface area contributed by atoms with Gasteiger partial charge in [-0.25, -0.2) is 0 Å². The van der Waals surface area contributed by atoms with Gasteiger partial charge >= 0.3 is 0 Å². The number of nitrogens with zero attached hydrogens (tertiary/aromatic N) is 1. The van der Waals surface area contributed by atoms with Gasteiger partial charge in [-0.1, -0.05) is 0 Å². The second kappa shape index (κ2) is 4.21. The van der Waals surface area contributed by atoms with Crippen molar-refractivity contribution in [3.63, 3.8) is 0 Å². The number of β-amino-alcohol motifs (C(OH)–C–C–N with tert-alkyl or cyclic N) is 1. The molecule has 0 aromatic heterocycles. The second-order valence-corrected chi connectivity index (χ2v) is 3.76. The molecule has 72 valence electrons. The number of aliphatic hydroxyl groups is 1. The van der Waals surface area contributed by atoms with Crippen LogP contribution in [0.2, 0.25) is 0 Å². The summed E-state index contributed by atoms with van der Waals surface area (Å²) in [4.78, 5) is 2.26. The topological polar surface area (TPSA) is 32.7 Å². The quantitative estimate of drug-likeness (QED) is 0.674. The summed E-state index contributed by atoms with van der Waals surface area (Å²) in [5.74, 6) is 0. The van der Waals surface area contributed by atoms with Crippen LogP contribution in [-0.4, -0.2) is 49.0 Å². The zero-order valence-corrected chi connectivity index (χ0v) is 8.05. The maximum Gasteiger partial charge on any atom is 0.0777 e. The first-order valence-corrected chi connectivity index (χ1v) is 4.58. The molecule has 0 aromatic rings. The van der Waals surface area contributed by atoms with Gasteiger partial charge in [0.1, 0.15) is 0 Å². The Bertz CT molecular complexity index is 138. The Balaban J connectivity index is 2.39. The Morgan fingerprint density at radius 1 is 1.58 bits per heavy atom. The first-order chi connectivity index (χ1) is 5.70. The Morgan fingerprint density at radius 2 is 2.33 bits per heavy atom. The number of piperidine rings is 1. The highest BCUT2D eigenvalue weighted by molar-refractivity contribution is 4.84. The van der Waals surface area contributed by atoms with Gasteiger partial charge in [0.05, 0.1) is 12.2 Å². The highest BCUT2D eigenvalue weighted by atomic mass is 16.5. The van der Waals surface area contributed by atoms with Gasteiger partial charge in [0.2, 0.25) is 0 Å². The molecule has 1 aliphatic heterocycles. The minimum atomic E-state index is 0.00736. The van der Waals surface area contributed by atoms with Crippen molar-refractivity contribution in [2.24, 2.45) is 0 Å². The fourth-order valence-corrected chi connectivity index (χ4v) is 1.81. The molecule has 1 saturated heterocycles. The zero-order valence-electron chi connectivity index (χ0n) is 8.05. The molecular formula is C9H19NO2. The maximum absolute atomic E-state index is 8.78. The molecule has 0 saturated carbocycles. The van der Waals surface area contributed by atoms with Crippen molar-refractivity contribution in [2.45, 2.75) is 25.4 Å². The molecule has 1 heterocycles. The first kappa shape index (κ1) is 9.96. The Morgan fingerprint density at radius 3 is 2.92 bits per heavy atom. The number of hydrogen-bond acceptors (Lipinski definition) is 3. The van der Waals surface area contributed by atoms with E-state index in [9.17, 15) is 0 Å². The lowest BCUT2D eigenvalue weighted by molar-refractivity contribution is -0.0529. The minimum Gasteiger partial charge on any atom is -0.395 e. The van der Waals surface area contributed by atoms with Crippen LogP contribution in [0.1, 0.15) is 19.8 Å². The van der Waals surface area contributed by atoms with Crippen LogP contribution in [0, 0.1) is 0 Å². The van der Waals surface area contributed by atoms with E-state index in [2.05, 4.69) is 11.8 Å². The molecule has 0 amide bonds. The van der Waals surface area contributed by atoms with Crippen molar-refractivity contribution in [2.75, 3.05) is 33.4 Å². The van der Waals surface area contributed by atoms with Crippen molar-refractivity contribution in [3.8, 4) is 0 Å².